The fraction of sp³-hybridized carbons (Fsp3) is 0.167. The Hall–Kier alpha value is -2.05. The highest BCUT2D eigenvalue weighted by atomic mass is 35.5. The van der Waals surface area contributed by atoms with Gasteiger partial charge in [0.1, 0.15) is 17.4 Å². The second-order valence-corrected chi connectivity index (χ2v) is 6.81. The number of hydrogen-bond donors (Lipinski definition) is 0. The topological polar surface area (TPSA) is 22.1 Å². The van der Waals surface area contributed by atoms with Gasteiger partial charge in [0.2, 0.25) is 0 Å². The summed E-state index contributed by atoms with van der Waals surface area (Å²) in [6.45, 7) is 2.14. The van der Waals surface area contributed by atoms with E-state index >= 15 is 0 Å². The van der Waals surface area contributed by atoms with Crippen LogP contribution in [-0.2, 0) is 12.8 Å². The first kappa shape index (κ1) is 17.8. The summed E-state index contributed by atoms with van der Waals surface area (Å²) in [5.74, 6) is 0.577. The minimum atomic E-state index is -4.34. The molecule has 0 aliphatic heterocycles. The van der Waals surface area contributed by atoms with Crippen LogP contribution in [0.1, 0.15) is 16.1 Å². The Labute approximate surface area is 151 Å². The second kappa shape index (κ2) is 7.06. The zero-order chi connectivity index (χ0) is 18.0. The van der Waals surface area contributed by atoms with E-state index in [0.29, 0.717) is 28.0 Å². The van der Waals surface area contributed by atoms with Crippen LogP contribution >= 0.6 is 22.9 Å². The molecule has 2 aromatic carbocycles. The van der Waals surface area contributed by atoms with Crippen molar-refractivity contribution in [1.29, 1.82) is 0 Å². The van der Waals surface area contributed by atoms with Crippen LogP contribution in [0.5, 0.6) is 5.75 Å². The van der Waals surface area contributed by atoms with Gasteiger partial charge in [-0.3, -0.25) is 0 Å². The molecule has 1 heterocycles. The zero-order valence-electron chi connectivity index (χ0n) is 13.1. The van der Waals surface area contributed by atoms with Gasteiger partial charge in [0.05, 0.1) is 21.2 Å². The Kier molecular flexibility index (Phi) is 5.01. The molecule has 3 aromatic rings. The van der Waals surface area contributed by atoms with Gasteiger partial charge >= 0.3 is 6.18 Å². The number of benzene rings is 2. The smallest absolute Gasteiger partial charge is 0.416 e. The summed E-state index contributed by atoms with van der Waals surface area (Å²) in [5, 5.41) is 1.18. The lowest BCUT2D eigenvalue weighted by molar-refractivity contribution is -0.137. The third-order valence-corrected chi connectivity index (χ3v) is 5.04. The molecule has 25 heavy (non-hydrogen) atoms. The van der Waals surface area contributed by atoms with E-state index in [2.05, 4.69) is 4.98 Å². The van der Waals surface area contributed by atoms with Gasteiger partial charge < -0.3 is 4.74 Å². The molecule has 0 atom stereocenters. The second-order valence-electron chi connectivity index (χ2n) is 5.32. The van der Waals surface area contributed by atoms with Crippen LogP contribution in [0.2, 0.25) is 5.02 Å². The third-order valence-electron chi connectivity index (χ3n) is 3.55. The predicted molar refractivity (Wildman–Crippen MR) is 93.1 cm³/mol. The molecule has 0 saturated heterocycles. The standard InChI is InChI=1S/C18H13ClF3NOS/c1-11-16(10-24-15-5-3-2-4-14(15)19)25-17(23-11)12-6-8-13(9-7-12)18(20,21)22/h2-9H,10H2,1H3. The first-order chi connectivity index (χ1) is 11.8. The number of thiazole rings is 1. The third kappa shape index (κ3) is 4.14. The number of aryl methyl sites for hydroxylation is 1. The predicted octanol–water partition coefficient (Wildman–Crippen LogP) is 6.37. The van der Waals surface area contributed by atoms with Crippen LogP contribution in [-0.4, -0.2) is 4.98 Å². The molecule has 130 valence electrons. The number of halogens is 4. The number of nitrogens with zero attached hydrogens (tertiary/aromatic N) is 1. The average Bonchev–Trinajstić information content (AvgIpc) is 2.94. The molecular formula is C18H13ClF3NOS. The number of alkyl halides is 3. The normalized spacial score (nSPS) is 11.6. The summed E-state index contributed by atoms with van der Waals surface area (Å²) >= 11 is 7.44. The van der Waals surface area contributed by atoms with Gasteiger partial charge in [-0.25, -0.2) is 4.98 Å². The van der Waals surface area contributed by atoms with Crippen molar-refractivity contribution >= 4 is 22.9 Å². The first-order valence-electron chi connectivity index (χ1n) is 7.36. The Morgan fingerprint density at radius 1 is 1.08 bits per heavy atom. The summed E-state index contributed by atoms with van der Waals surface area (Å²) in [4.78, 5) is 5.33. The molecule has 0 bridgehead atoms. The minimum Gasteiger partial charge on any atom is -0.486 e. The van der Waals surface area contributed by atoms with Crippen molar-refractivity contribution in [2.24, 2.45) is 0 Å². The van der Waals surface area contributed by atoms with Crippen LogP contribution in [0.15, 0.2) is 48.5 Å². The maximum Gasteiger partial charge on any atom is 0.416 e. The maximum absolute atomic E-state index is 12.6. The van der Waals surface area contributed by atoms with Crippen LogP contribution in [0.3, 0.4) is 0 Å². The molecule has 0 spiro atoms. The Morgan fingerprint density at radius 2 is 1.76 bits per heavy atom. The lowest BCUT2D eigenvalue weighted by Crippen LogP contribution is -2.03. The van der Waals surface area contributed by atoms with Crippen molar-refractivity contribution in [2.75, 3.05) is 0 Å². The highest BCUT2D eigenvalue weighted by molar-refractivity contribution is 7.15. The lowest BCUT2D eigenvalue weighted by atomic mass is 10.1. The number of ether oxygens (including phenoxy) is 1. The van der Waals surface area contributed by atoms with Gasteiger partial charge in [-0.2, -0.15) is 13.2 Å². The maximum atomic E-state index is 12.6. The van der Waals surface area contributed by atoms with Gasteiger partial charge in [-0.05, 0) is 31.2 Å². The Balaban J connectivity index is 1.77. The molecule has 0 fully saturated rings. The number of rotatable bonds is 4. The van der Waals surface area contributed by atoms with Crippen molar-refractivity contribution in [2.45, 2.75) is 19.7 Å². The number of aromatic nitrogens is 1. The monoisotopic (exact) mass is 383 g/mol. The molecule has 3 rings (SSSR count). The van der Waals surface area contributed by atoms with Crippen molar-refractivity contribution < 1.29 is 17.9 Å². The zero-order valence-corrected chi connectivity index (χ0v) is 14.7. The van der Waals surface area contributed by atoms with Crippen molar-refractivity contribution in [3.05, 3.63) is 69.7 Å². The van der Waals surface area contributed by atoms with E-state index in [9.17, 15) is 13.2 Å². The molecule has 1 aromatic heterocycles. The summed E-state index contributed by atoms with van der Waals surface area (Å²) in [7, 11) is 0. The van der Waals surface area contributed by atoms with Crippen molar-refractivity contribution in [3.63, 3.8) is 0 Å². The van der Waals surface area contributed by atoms with E-state index in [1.165, 1.54) is 23.5 Å². The first-order valence-corrected chi connectivity index (χ1v) is 8.55. The molecule has 0 unspecified atom stereocenters. The van der Waals surface area contributed by atoms with Gasteiger partial charge in [-0.15, -0.1) is 11.3 Å². The van der Waals surface area contributed by atoms with E-state index in [4.69, 9.17) is 16.3 Å². The van der Waals surface area contributed by atoms with E-state index in [-0.39, 0.29) is 0 Å². The number of hydrogen-bond acceptors (Lipinski definition) is 3. The van der Waals surface area contributed by atoms with Crippen molar-refractivity contribution in [1.82, 2.24) is 4.98 Å². The molecule has 0 amide bonds. The van der Waals surface area contributed by atoms with Crippen LogP contribution in [0, 0.1) is 6.92 Å². The highest BCUT2D eigenvalue weighted by Crippen LogP contribution is 2.33. The molecule has 0 saturated carbocycles. The summed E-state index contributed by atoms with van der Waals surface area (Å²) in [5.41, 5.74) is 0.754. The van der Waals surface area contributed by atoms with Crippen LogP contribution in [0.4, 0.5) is 13.2 Å². The molecule has 0 radical (unpaired) electrons. The molecule has 0 aliphatic rings. The van der Waals surface area contributed by atoms with Crippen LogP contribution < -0.4 is 4.74 Å². The molecule has 7 heteroatoms. The fourth-order valence-corrected chi connectivity index (χ4v) is 3.36. The fourth-order valence-electron chi connectivity index (χ4n) is 2.19. The van der Waals surface area contributed by atoms with E-state index < -0.39 is 11.7 Å². The molecule has 0 N–H and O–H groups in total. The summed E-state index contributed by atoms with van der Waals surface area (Å²) in [6, 6.07) is 12.1. The van der Waals surface area contributed by atoms with Crippen molar-refractivity contribution in [3.8, 4) is 16.3 Å². The molecule has 0 aliphatic carbocycles. The SMILES string of the molecule is Cc1nc(-c2ccc(C(F)(F)F)cc2)sc1COc1ccccc1Cl. The van der Waals surface area contributed by atoms with Gasteiger partial charge in [0, 0.05) is 5.56 Å². The quantitative estimate of drug-likeness (QED) is 0.522. The highest BCUT2D eigenvalue weighted by Gasteiger charge is 2.30. The molecule has 2 nitrogen and oxygen atoms in total. The Morgan fingerprint density at radius 3 is 2.40 bits per heavy atom. The minimum absolute atomic E-state index is 0.299. The van der Waals surface area contributed by atoms with E-state index in [1.54, 1.807) is 12.1 Å². The van der Waals surface area contributed by atoms with Crippen LogP contribution in [0.25, 0.3) is 10.6 Å². The number of para-hydroxylation sites is 1. The summed E-state index contributed by atoms with van der Waals surface area (Å²) < 4.78 is 43.6. The summed E-state index contributed by atoms with van der Waals surface area (Å²) in [6.07, 6.45) is -4.34. The van der Waals surface area contributed by atoms with Gasteiger partial charge in [0.15, 0.2) is 0 Å². The van der Waals surface area contributed by atoms with E-state index in [0.717, 1.165) is 22.7 Å². The van der Waals surface area contributed by atoms with Gasteiger partial charge in [0.25, 0.3) is 0 Å². The molecular weight excluding hydrogens is 371 g/mol. The Bertz CT molecular complexity index is 875. The average molecular weight is 384 g/mol. The van der Waals surface area contributed by atoms with E-state index in [1.807, 2.05) is 19.1 Å². The van der Waals surface area contributed by atoms with Gasteiger partial charge in [-0.1, -0.05) is 35.9 Å². The largest absolute Gasteiger partial charge is 0.486 e. The lowest BCUT2D eigenvalue weighted by Gasteiger charge is -2.06.